The maximum Gasteiger partial charge on any atom is 0.254 e. The van der Waals surface area contributed by atoms with Gasteiger partial charge in [0.25, 0.3) is 5.91 Å². The second-order valence-electron chi connectivity index (χ2n) is 7.58. The van der Waals surface area contributed by atoms with Gasteiger partial charge in [-0.15, -0.1) is 10.2 Å². The van der Waals surface area contributed by atoms with Crippen LogP contribution in [0.4, 0.5) is 11.6 Å². The molecule has 1 unspecified atom stereocenters. The summed E-state index contributed by atoms with van der Waals surface area (Å²) in [6, 6.07) is 12.5. The molecule has 0 spiro atoms. The molecule has 0 radical (unpaired) electrons. The van der Waals surface area contributed by atoms with E-state index in [1.807, 2.05) is 29.2 Å². The Morgan fingerprint density at radius 3 is 2.43 bits per heavy atom. The Morgan fingerprint density at radius 1 is 1.00 bits per heavy atom. The van der Waals surface area contributed by atoms with Gasteiger partial charge in [-0.1, -0.05) is 6.07 Å². The van der Waals surface area contributed by atoms with E-state index < -0.39 is 0 Å². The average molecular weight is 491 g/mol. The number of hydrogen-bond donors (Lipinski definition) is 0. The molecule has 0 aliphatic carbocycles. The maximum atomic E-state index is 12.7. The molecule has 7 heteroatoms. The summed E-state index contributed by atoms with van der Waals surface area (Å²) >= 11 is 2.24. The summed E-state index contributed by atoms with van der Waals surface area (Å²) in [5.41, 5.74) is 0.764. The second-order valence-corrected chi connectivity index (χ2v) is 8.82. The third-order valence-electron chi connectivity index (χ3n) is 5.70. The molecule has 1 aromatic carbocycles. The Balaban J connectivity index is 1.36. The number of amides is 1. The Kier molecular flexibility index (Phi) is 5.99. The van der Waals surface area contributed by atoms with Gasteiger partial charge in [0, 0.05) is 47.9 Å². The quantitative estimate of drug-likeness (QED) is 0.617. The van der Waals surface area contributed by atoms with Gasteiger partial charge in [0.15, 0.2) is 11.6 Å². The van der Waals surface area contributed by atoms with Crippen molar-refractivity contribution in [2.45, 2.75) is 32.2 Å². The van der Waals surface area contributed by atoms with Gasteiger partial charge < -0.3 is 14.7 Å². The Bertz CT molecular complexity index is 820. The van der Waals surface area contributed by atoms with E-state index in [1.54, 1.807) is 0 Å². The van der Waals surface area contributed by atoms with Gasteiger partial charge in [-0.25, -0.2) is 0 Å². The van der Waals surface area contributed by atoms with Crippen molar-refractivity contribution in [1.82, 2.24) is 15.1 Å². The highest BCUT2D eigenvalue weighted by Crippen LogP contribution is 2.24. The Morgan fingerprint density at radius 2 is 1.75 bits per heavy atom. The first-order valence-corrected chi connectivity index (χ1v) is 11.1. The van der Waals surface area contributed by atoms with Gasteiger partial charge in [-0.3, -0.25) is 4.79 Å². The standard InChI is InChI=1S/C21H26IN5O/c1-16-5-2-3-10-27(16)20-9-8-19(23-24-20)25-11-13-26(14-12-25)21(28)17-6-4-7-18(22)15-17/h4,6-9,15-16H,2-3,5,10-14H2,1H3. The van der Waals surface area contributed by atoms with E-state index in [2.05, 4.69) is 61.6 Å². The van der Waals surface area contributed by atoms with Crippen molar-refractivity contribution in [3.05, 3.63) is 45.5 Å². The zero-order valence-electron chi connectivity index (χ0n) is 16.2. The highest BCUT2D eigenvalue weighted by molar-refractivity contribution is 14.1. The minimum Gasteiger partial charge on any atom is -0.352 e. The van der Waals surface area contributed by atoms with Gasteiger partial charge in [0.05, 0.1) is 0 Å². The number of anilines is 2. The zero-order chi connectivity index (χ0) is 19.5. The number of nitrogens with zero attached hydrogens (tertiary/aromatic N) is 5. The lowest BCUT2D eigenvalue weighted by Gasteiger charge is -2.36. The van der Waals surface area contributed by atoms with Crippen LogP contribution < -0.4 is 9.80 Å². The van der Waals surface area contributed by atoms with Crippen molar-refractivity contribution in [3.8, 4) is 0 Å². The fraction of sp³-hybridized carbons (Fsp3) is 0.476. The lowest BCUT2D eigenvalue weighted by atomic mass is 10.0. The van der Waals surface area contributed by atoms with Gasteiger partial charge >= 0.3 is 0 Å². The molecule has 148 valence electrons. The molecule has 1 amide bonds. The molecular formula is C21H26IN5O. The van der Waals surface area contributed by atoms with Crippen LogP contribution in [0.1, 0.15) is 36.5 Å². The van der Waals surface area contributed by atoms with E-state index >= 15 is 0 Å². The highest BCUT2D eigenvalue weighted by Gasteiger charge is 2.24. The van der Waals surface area contributed by atoms with Crippen LogP contribution in [-0.2, 0) is 0 Å². The molecule has 1 aromatic heterocycles. The first-order chi connectivity index (χ1) is 13.6. The largest absolute Gasteiger partial charge is 0.352 e. The van der Waals surface area contributed by atoms with Crippen molar-refractivity contribution in [2.24, 2.45) is 0 Å². The van der Waals surface area contributed by atoms with Gasteiger partial charge in [-0.05, 0) is 79.1 Å². The van der Waals surface area contributed by atoms with Crippen LogP contribution in [0.15, 0.2) is 36.4 Å². The molecule has 1 atom stereocenters. The van der Waals surface area contributed by atoms with Crippen molar-refractivity contribution in [3.63, 3.8) is 0 Å². The number of rotatable bonds is 3. The van der Waals surface area contributed by atoms with Crippen LogP contribution >= 0.6 is 22.6 Å². The van der Waals surface area contributed by atoms with Crippen LogP contribution in [0, 0.1) is 3.57 Å². The molecular weight excluding hydrogens is 465 g/mol. The summed E-state index contributed by atoms with van der Waals surface area (Å²) in [7, 11) is 0. The summed E-state index contributed by atoms with van der Waals surface area (Å²) in [5.74, 6) is 1.98. The normalized spacial score (nSPS) is 20.4. The number of carbonyl (C=O) groups excluding carboxylic acids is 1. The van der Waals surface area contributed by atoms with Crippen molar-refractivity contribution < 1.29 is 4.79 Å². The minimum atomic E-state index is 0.110. The highest BCUT2D eigenvalue weighted by atomic mass is 127. The lowest BCUT2D eigenvalue weighted by molar-refractivity contribution is 0.0746. The van der Waals surface area contributed by atoms with Crippen LogP contribution in [0.3, 0.4) is 0 Å². The molecule has 2 aliphatic heterocycles. The summed E-state index contributed by atoms with van der Waals surface area (Å²) in [5, 5.41) is 8.97. The summed E-state index contributed by atoms with van der Waals surface area (Å²) in [4.78, 5) is 19.2. The Hall–Kier alpha value is -1.90. The average Bonchev–Trinajstić information content (AvgIpc) is 2.74. The molecule has 2 aliphatic rings. The first kappa shape index (κ1) is 19.4. The van der Waals surface area contributed by atoms with Crippen LogP contribution in [0.2, 0.25) is 0 Å². The van der Waals surface area contributed by atoms with Crippen LogP contribution in [0.25, 0.3) is 0 Å². The first-order valence-electron chi connectivity index (χ1n) is 10.0. The number of carbonyl (C=O) groups is 1. The zero-order valence-corrected chi connectivity index (χ0v) is 18.4. The van der Waals surface area contributed by atoms with Gasteiger partial charge in [0.2, 0.25) is 0 Å². The Labute approximate surface area is 180 Å². The molecule has 0 saturated carbocycles. The lowest BCUT2D eigenvalue weighted by Crippen LogP contribution is -2.49. The SMILES string of the molecule is CC1CCCCN1c1ccc(N2CCN(C(=O)c3cccc(I)c3)CC2)nn1. The molecule has 28 heavy (non-hydrogen) atoms. The molecule has 6 nitrogen and oxygen atoms in total. The molecule has 2 aromatic rings. The molecule has 2 fully saturated rings. The van der Waals surface area contributed by atoms with Gasteiger partial charge in [0.1, 0.15) is 0 Å². The van der Waals surface area contributed by atoms with Crippen molar-refractivity contribution >= 4 is 40.1 Å². The summed E-state index contributed by atoms with van der Waals surface area (Å²) in [6.07, 6.45) is 3.75. The maximum absolute atomic E-state index is 12.7. The number of piperidine rings is 1. The molecule has 0 bridgehead atoms. The van der Waals surface area contributed by atoms with E-state index in [9.17, 15) is 4.79 Å². The van der Waals surface area contributed by atoms with Gasteiger partial charge in [-0.2, -0.15) is 0 Å². The van der Waals surface area contributed by atoms with E-state index in [1.165, 1.54) is 19.3 Å². The third kappa shape index (κ3) is 4.24. The van der Waals surface area contributed by atoms with E-state index in [4.69, 9.17) is 0 Å². The fourth-order valence-corrected chi connectivity index (χ4v) is 4.56. The number of aromatic nitrogens is 2. The van der Waals surface area contributed by atoms with Crippen molar-refractivity contribution in [1.29, 1.82) is 0 Å². The topological polar surface area (TPSA) is 52.6 Å². The minimum absolute atomic E-state index is 0.110. The molecule has 2 saturated heterocycles. The van der Waals surface area contributed by atoms with Crippen molar-refractivity contribution in [2.75, 3.05) is 42.5 Å². The molecule has 0 N–H and O–H groups in total. The van der Waals surface area contributed by atoms with E-state index in [-0.39, 0.29) is 5.91 Å². The second kappa shape index (κ2) is 8.63. The van der Waals surface area contributed by atoms with Crippen LogP contribution in [0.5, 0.6) is 0 Å². The smallest absolute Gasteiger partial charge is 0.254 e. The summed E-state index contributed by atoms with van der Waals surface area (Å²) in [6.45, 7) is 6.30. The number of hydrogen-bond acceptors (Lipinski definition) is 5. The van der Waals surface area contributed by atoms with E-state index in [0.29, 0.717) is 19.1 Å². The predicted molar refractivity (Wildman–Crippen MR) is 120 cm³/mol. The van der Waals surface area contributed by atoms with Crippen LogP contribution in [-0.4, -0.2) is 59.8 Å². The predicted octanol–water partition coefficient (Wildman–Crippen LogP) is 3.42. The monoisotopic (exact) mass is 491 g/mol. The number of halogens is 1. The fourth-order valence-electron chi connectivity index (χ4n) is 4.02. The van der Waals surface area contributed by atoms with E-state index in [0.717, 1.165) is 40.4 Å². The molecule has 3 heterocycles. The summed E-state index contributed by atoms with van der Waals surface area (Å²) < 4.78 is 1.08. The molecule has 4 rings (SSSR count). The third-order valence-corrected chi connectivity index (χ3v) is 6.37. The number of benzene rings is 1. The number of piperazine rings is 1.